The van der Waals surface area contributed by atoms with Crippen LogP contribution in [0, 0.1) is 0 Å². The summed E-state index contributed by atoms with van der Waals surface area (Å²) in [5.74, 6) is -1.37. The zero-order chi connectivity index (χ0) is 16.6. The van der Waals surface area contributed by atoms with Gasteiger partial charge in [-0.15, -0.1) is 0 Å². The Morgan fingerprint density at radius 1 is 1.04 bits per heavy atom. The van der Waals surface area contributed by atoms with Crippen molar-refractivity contribution in [1.29, 1.82) is 0 Å². The lowest BCUT2D eigenvalue weighted by atomic mass is 9.99. The Hall–Kier alpha value is -2.26. The number of nitrogens with zero attached hydrogens (tertiary/aromatic N) is 1. The van der Waals surface area contributed by atoms with Crippen LogP contribution in [-0.2, 0) is 9.53 Å². The van der Waals surface area contributed by atoms with Crippen LogP contribution in [0.3, 0.4) is 0 Å². The molecule has 1 aromatic heterocycles. The lowest BCUT2D eigenvalue weighted by Crippen LogP contribution is -2.61. The molecule has 0 spiro atoms. The molecule has 122 valence electrons. The Labute approximate surface area is 130 Å². The molecule has 1 aromatic carbocycles. The first kappa shape index (κ1) is 15.6. The summed E-state index contributed by atoms with van der Waals surface area (Å²) in [6.07, 6.45) is -8.27. The van der Waals surface area contributed by atoms with Crippen LogP contribution in [0.25, 0.3) is 10.9 Å². The van der Waals surface area contributed by atoms with E-state index in [1.807, 2.05) is 12.1 Å². The van der Waals surface area contributed by atoms with E-state index in [-0.39, 0.29) is 5.88 Å². The van der Waals surface area contributed by atoms with Gasteiger partial charge in [-0.05, 0) is 12.1 Å². The largest absolute Gasteiger partial charge is 0.479 e. The maximum absolute atomic E-state index is 11.0. The number of carboxylic acids is 1. The third-order valence-electron chi connectivity index (χ3n) is 3.62. The van der Waals surface area contributed by atoms with E-state index in [0.29, 0.717) is 5.52 Å². The minimum absolute atomic E-state index is 0.0977. The molecule has 1 aliphatic rings. The van der Waals surface area contributed by atoms with Crippen LogP contribution in [0.4, 0.5) is 0 Å². The van der Waals surface area contributed by atoms with Gasteiger partial charge in [0, 0.05) is 11.5 Å². The molecule has 3 rings (SSSR count). The number of carboxylic acid groups (broad SMARTS) is 1. The number of aliphatic carboxylic acids is 1. The number of hydrogen-bond donors (Lipinski definition) is 4. The van der Waals surface area contributed by atoms with Crippen molar-refractivity contribution < 1.29 is 34.7 Å². The van der Waals surface area contributed by atoms with E-state index in [9.17, 15) is 20.1 Å². The van der Waals surface area contributed by atoms with Crippen molar-refractivity contribution >= 4 is 16.9 Å². The minimum atomic E-state index is -1.76. The first-order valence-corrected chi connectivity index (χ1v) is 6.92. The summed E-state index contributed by atoms with van der Waals surface area (Å²) >= 11 is 0. The van der Waals surface area contributed by atoms with Crippen LogP contribution in [0.2, 0.25) is 0 Å². The summed E-state index contributed by atoms with van der Waals surface area (Å²) < 4.78 is 10.4. The number of fused-ring (bicyclic) bond motifs is 1. The highest BCUT2D eigenvalue weighted by atomic mass is 16.7. The molecular formula is C15H15NO7. The summed E-state index contributed by atoms with van der Waals surface area (Å²) in [4.78, 5) is 15.3. The second-order valence-electron chi connectivity index (χ2n) is 5.20. The minimum Gasteiger partial charge on any atom is -0.479 e. The van der Waals surface area contributed by atoms with Crippen LogP contribution >= 0.6 is 0 Å². The smallest absolute Gasteiger partial charge is 0.335 e. The van der Waals surface area contributed by atoms with E-state index in [0.717, 1.165) is 5.39 Å². The van der Waals surface area contributed by atoms with Gasteiger partial charge in [0.05, 0.1) is 5.52 Å². The third kappa shape index (κ3) is 2.97. The fraction of sp³-hybridized carbons (Fsp3) is 0.333. The second-order valence-corrected chi connectivity index (χ2v) is 5.20. The highest BCUT2D eigenvalue weighted by molar-refractivity contribution is 5.78. The number of hydrogen-bond acceptors (Lipinski definition) is 7. The van der Waals surface area contributed by atoms with E-state index >= 15 is 0 Å². The fourth-order valence-electron chi connectivity index (χ4n) is 2.38. The van der Waals surface area contributed by atoms with Crippen LogP contribution in [0.5, 0.6) is 5.88 Å². The molecule has 0 radical (unpaired) electrons. The predicted molar refractivity (Wildman–Crippen MR) is 76.7 cm³/mol. The Balaban J connectivity index is 1.83. The molecule has 1 aliphatic heterocycles. The molecule has 4 N–H and O–H groups in total. The standard InChI is InChI=1S/C15H15NO7/c17-10-11(18)13(14(20)21)23-15(12(10)19)22-9-6-5-7-3-1-2-4-8(7)16-9/h1-6,10-13,15,17-19H,(H,20,21)/t10-,11-,12+,13-,15?/m0/s1. The van der Waals surface area contributed by atoms with Gasteiger partial charge in [-0.1, -0.05) is 18.2 Å². The molecule has 8 heteroatoms. The number of carbonyl (C=O) groups is 1. The van der Waals surface area contributed by atoms with Gasteiger partial charge in [0.25, 0.3) is 0 Å². The summed E-state index contributed by atoms with van der Waals surface area (Å²) in [7, 11) is 0. The van der Waals surface area contributed by atoms with Crippen LogP contribution < -0.4 is 4.74 Å². The average molecular weight is 321 g/mol. The van der Waals surface area contributed by atoms with Gasteiger partial charge in [-0.3, -0.25) is 0 Å². The van der Waals surface area contributed by atoms with Gasteiger partial charge >= 0.3 is 5.97 Å². The maximum atomic E-state index is 11.0. The zero-order valence-electron chi connectivity index (χ0n) is 11.8. The van der Waals surface area contributed by atoms with Crippen molar-refractivity contribution in [2.75, 3.05) is 0 Å². The molecule has 0 aliphatic carbocycles. The number of para-hydroxylation sites is 1. The molecule has 0 amide bonds. The lowest BCUT2D eigenvalue weighted by molar-refractivity contribution is -0.271. The van der Waals surface area contributed by atoms with Crippen molar-refractivity contribution in [3.8, 4) is 5.88 Å². The van der Waals surface area contributed by atoms with E-state index in [4.69, 9.17) is 14.6 Å². The molecule has 23 heavy (non-hydrogen) atoms. The van der Waals surface area contributed by atoms with Crippen LogP contribution in [0.15, 0.2) is 36.4 Å². The molecule has 2 aromatic rings. The van der Waals surface area contributed by atoms with Gasteiger partial charge in [0.15, 0.2) is 6.10 Å². The normalized spacial score (nSPS) is 31.0. The van der Waals surface area contributed by atoms with Crippen molar-refractivity contribution in [3.05, 3.63) is 36.4 Å². The third-order valence-corrected chi connectivity index (χ3v) is 3.62. The molecule has 1 unspecified atom stereocenters. The molecule has 0 saturated carbocycles. The molecule has 1 fully saturated rings. The lowest BCUT2D eigenvalue weighted by Gasteiger charge is -2.38. The van der Waals surface area contributed by atoms with Crippen LogP contribution in [0.1, 0.15) is 0 Å². The molecule has 2 heterocycles. The van der Waals surface area contributed by atoms with Crippen molar-refractivity contribution in [3.63, 3.8) is 0 Å². The Morgan fingerprint density at radius 2 is 1.78 bits per heavy atom. The van der Waals surface area contributed by atoms with Crippen molar-refractivity contribution in [2.45, 2.75) is 30.7 Å². The second kappa shape index (κ2) is 6.09. The van der Waals surface area contributed by atoms with E-state index in [1.165, 1.54) is 6.07 Å². The predicted octanol–water partition coefficient (Wildman–Crippen LogP) is -0.494. The topological polar surface area (TPSA) is 129 Å². The van der Waals surface area contributed by atoms with Gasteiger partial charge in [0.1, 0.15) is 18.3 Å². The maximum Gasteiger partial charge on any atom is 0.335 e. The Kier molecular flexibility index (Phi) is 4.14. The highest BCUT2D eigenvalue weighted by Crippen LogP contribution is 2.25. The van der Waals surface area contributed by atoms with E-state index < -0.39 is 36.7 Å². The number of aliphatic hydroxyl groups is 3. The zero-order valence-corrected chi connectivity index (χ0v) is 11.8. The Morgan fingerprint density at radius 3 is 2.52 bits per heavy atom. The van der Waals surface area contributed by atoms with Gasteiger partial charge < -0.3 is 29.9 Å². The molecular weight excluding hydrogens is 306 g/mol. The number of rotatable bonds is 3. The first-order chi connectivity index (χ1) is 11.0. The summed E-state index contributed by atoms with van der Waals surface area (Å²) in [5.41, 5.74) is 0.644. The number of aromatic nitrogens is 1. The van der Waals surface area contributed by atoms with Crippen molar-refractivity contribution in [2.24, 2.45) is 0 Å². The summed E-state index contributed by atoms with van der Waals surface area (Å²) in [6.45, 7) is 0. The average Bonchev–Trinajstić information content (AvgIpc) is 2.55. The molecule has 1 saturated heterocycles. The van der Waals surface area contributed by atoms with Crippen LogP contribution in [-0.4, -0.2) is 62.1 Å². The SMILES string of the molecule is O=C(O)[C@H]1OC(Oc2ccc3ccccc3n2)[C@H](O)[C@@H](O)[C@@H]1O. The first-order valence-electron chi connectivity index (χ1n) is 6.92. The number of pyridine rings is 1. The fourth-order valence-corrected chi connectivity index (χ4v) is 2.38. The number of benzene rings is 1. The highest BCUT2D eigenvalue weighted by Gasteiger charge is 2.48. The molecule has 8 nitrogen and oxygen atoms in total. The van der Waals surface area contributed by atoms with E-state index in [1.54, 1.807) is 18.2 Å². The van der Waals surface area contributed by atoms with E-state index in [2.05, 4.69) is 4.98 Å². The number of aliphatic hydroxyl groups excluding tert-OH is 3. The van der Waals surface area contributed by atoms with Gasteiger partial charge in [-0.25, -0.2) is 9.78 Å². The Bertz CT molecular complexity index is 722. The quantitative estimate of drug-likeness (QED) is 0.596. The van der Waals surface area contributed by atoms with Gasteiger partial charge in [0.2, 0.25) is 12.2 Å². The molecule has 5 atom stereocenters. The van der Waals surface area contributed by atoms with Crippen molar-refractivity contribution in [1.82, 2.24) is 4.98 Å². The summed E-state index contributed by atoms with van der Waals surface area (Å²) in [5, 5.41) is 39.1. The van der Waals surface area contributed by atoms with Gasteiger partial charge in [-0.2, -0.15) is 0 Å². The monoisotopic (exact) mass is 321 g/mol. The summed E-state index contributed by atoms with van der Waals surface area (Å²) in [6, 6.07) is 10.6. The number of ether oxygens (including phenoxy) is 2. The molecule has 0 bridgehead atoms.